The van der Waals surface area contributed by atoms with E-state index < -0.39 is 18.5 Å². The summed E-state index contributed by atoms with van der Waals surface area (Å²) >= 11 is 11.9. The number of nitrogens with zero attached hydrogens (tertiary/aromatic N) is 1. The van der Waals surface area contributed by atoms with Gasteiger partial charge in [-0.3, -0.25) is 4.79 Å². The molecule has 0 radical (unpaired) electrons. The molecule has 2 aromatic rings. The Bertz CT molecular complexity index is 765. The predicted molar refractivity (Wildman–Crippen MR) is 86.0 cm³/mol. The third-order valence-corrected chi connectivity index (χ3v) is 3.76. The number of hydrogen-bond acceptors (Lipinski definition) is 5. The number of halogens is 2. The van der Waals surface area contributed by atoms with Crippen LogP contribution in [-0.2, 0) is 9.53 Å². The highest BCUT2D eigenvalue weighted by Crippen LogP contribution is 2.28. The molecule has 1 amide bonds. The maximum atomic E-state index is 11.8. The van der Waals surface area contributed by atoms with Gasteiger partial charge in [0.2, 0.25) is 0 Å². The standard InChI is InChI=1S/C15H12Cl2N2O4/c1-8-10(16)6-18-14(13(8)17)19-12(21)7-23-15(22)9-4-2-3-5-11(9)20/h2-6,20H,7H2,1H3,(H,18,19,21). The molecular formula is C15H12Cl2N2O4. The number of anilines is 1. The Morgan fingerprint density at radius 3 is 2.70 bits per heavy atom. The van der Waals surface area contributed by atoms with E-state index in [9.17, 15) is 14.7 Å². The third-order valence-electron chi connectivity index (χ3n) is 2.92. The van der Waals surface area contributed by atoms with E-state index in [1.165, 1.54) is 18.3 Å². The van der Waals surface area contributed by atoms with Crippen LogP contribution in [0.3, 0.4) is 0 Å². The topological polar surface area (TPSA) is 88.5 Å². The molecule has 0 fully saturated rings. The Hall–Kier alpha value is -2.31. The van der Waals surface area contributed by atoms with E-state index in [0.29, 0.717) is 10.6 Å². The highest BCUT2D eigenvalue weighted by atomic mass is 35.5. The zero-order chi connectivity index (χ0) is 17.0. The van der Waals surface area contributed by atoms with E-state index >= 15 is 0 Å². The fraction of sp³-hybridized carbons (Fsp3) is 0.133. The van der Waals surface area contributed by atoms with Crippen molar-refractivity contribution in [2.45, 2.75) is 6.92 Å². The number of ether oxygens (including phenoxy) is 1. The molecule has 0 atom stereocenters. The summed E-state index contributed by atoms with van der Waals surface area (Å²) in [6.07, 6.45) is 1.35. The highest BCUT2D eigenvalue weighted by Gasteiger charge is 2.15. The lowest BCUT2D eigenvalue weighted by molar-refractivity contribution is -0.119. The number of carbonyl (C=O) groups excluding carboxylic acids is 2. The lowest BCUT2D eigenvalue weighted by Crippen LogP contribution is -2.21. The molecule has 1 aromatic carbocycles. The van der Waals surface area contributed by atoms with Gasteiger partial charge in [0.05, 0.1) is 10.0 Å². The molecule has 0 saturated heterocycles. The number of nitrogens with one attached hydrogen (secondary N) is 1. The van der Waals surface area contributed by atoms with Gasteiger partial charge in [0.25, 0.3) is 5.91 Å². The summed E-state index contributed by atoms with van der Waals surface area (Å²) in [7, 11) is 0. The molecule has 120 valence electrons. The van der Waals surface area contributed by atoms with Crippen LogP contribution >= 0.6 is 23.2 Å². The number of pyridine rings is 1. The zero-order valence-corrected chi connectivity index (χ0v) is 13.5. The normalized spacial score (nSPS) is 10.2. The molecule has 8 heteroatoms. The predicted octanol–water partition coefficient (Wildman–Crippen LogP) is 3.20. The molecule has 6 nitrogen and oxygen atoms in total. The molecule has 0 bridgehead atoms. The number of para-hydroxylation sites is 1. The van der Waals surface area contributed by atoms with Gasteiger partial charge < -0.3 is 15.2 Å². The number of amides is 1. The van der Waals surface area contributed by atoms with Gasteiger partial charge in [-0.2, -0.15) is 0 Å². The van der Waals surface area contributed by atoms with Gasteiger partial charge in [-0.05, 0) is 24.6 Å². The van der Waals surface area contributed by atoms with Gasteiger partial charge in [0.1, 0.15) is 11.3 Å². The minimum absolute atomic E-state index is 0.0289. The number of benzene rings is 1. The van der Waals surface area contributed by atoms with Crippen LogP contribution in [0.25, 0.3) is 0 Å². The van der Waals surface area contributed by atoms with Crippen LogP contribution in [0.5, 0.6) is 5.75 Å². The van der Waals surface area contributed by atoms with Crippen molar-refractivity contribution in [3.8, 4) is 5.75 Å². The lowest BCUT2D eigenvalue weighted by atomic mass is 10.2. The molecule has 1 aromatic heterocycles. The third kappa shape index (κ3) is 4.12. The Labute approximate surface area is 142 Å². The average molecular weight is 355 g/mol. The van der Waals surface area contributed by atoms with Crippen LogP contribution in [0.4, 0.5) is 5.82 Å². The molecular weight excluding hydrogens is 343 g/mol. The average Bonchev–Trinajstić information content (AvgIpc) is 2.53. The largest absolute Gasteiger partial charge is 0.507 e. The molecule has 23 heavy (non-hydrogen) atoms. The fourth-order valence-corrected chi connectivity index (χ4v) is 2.06. The van der Waals surface area contributed by atoms with Crippen molar-refractivity contribution < 1.29 is 19.4 Å². The van der Waals surface area contributed by atoms with Gasteiger partial charge in [-0.25, -0.2) is 9.78 Å². The van der Waals surface area contributed by atoms with Crippen LogP contribution in [0, 0.1) is 6.92 Å². The van der Waals surface area contributed by atoms with Gasteiger partial charge in [0, 0.05) is 6.20 Å². The molecule has 0 aliphatic carbocycles. The van der Waals surface area contributed by atoms with Gasteiger partial charge in [-0.1, -0.05) is 35.3 Å². The van der Waals surface area contributed by atoms with E-state index in [2.05, 4.69) is 10.3 Å². The molecule has 2 rings (SSSR count). The van der Waals surface area contributed by atoms with E-state index in [-0.39, 0.29) is 22.2 Å². The van der Waals surface area contributed by atoms with Crippen molar-refractivity contribution in [3.63, 3.8) is 0 Å². The Morgan fingerprint density at radius 1 is 1.30 bits per heavy atom. The van der Waals surface area contributed by atoms with Crippen LogP contribution in [0.2, 0.25) is 10.0 Å². The van der Waals surface area contributed by atoms with Crippen molar-refractivity contribution in [1.82, 2.24) is 4.98 Å². The first-order valence-electron chi connectivity index (χ1n) is 6.45. The second kappa shape index (κ2) is 7.30. The molecule has 0 saturated carbocycles. The molecule has 0 aliphatic heterocycles. The van der Waals surface area contributed by atoms with Gasteiger partial charge >= 0.3 is 5.97 Å². The number of aromatic nitrogens is 1. The lowest BCUT2D eigenvalue weighted by Gasteiger charge is -2.09. The zero-order valence-electron chi connectivity index (χ0n) is 12.0. The maximum Gasteiger partial charge on any atom is 0.342 e. The molecule has 0 unspecified atom stereocenters. The first kappa shape index (κ1) is 17.1. The van der Waals surface area contributed by atoms with Crippen molar-refractivity contribution >= 4 is 40.9 Å². The van der Waals surface area contributed by atoms with Crippen LogP contribution < -0.4 is 5.32 Å². The minimum Gasteiger partial charge on any atom is -0.507 e. The van der Waals surface area contributed by atoms with Crippen LogP contribution in [-0.4, -0.2) is 28.6 Å². The number of rotatable bonds is 4. The Balaban J connectivity index is 1.97. The maximum absolute atomic E-state index is 11.8. The summed E-state index contributed by atoms with van der Waals surface area (Å²) in [5.41, 5.74) is 0.545. The quantitative estimate of drug-likeness (QED) is 0.823. The molecule has 2 N–H and O–H groups in total. The number of hydrogen-bond donors (Lipinski definition) is 2. The Kier molecular flexibility index (Phi) is 5.41. The van der Waals surface area contributed by atoms with Crippen LogP contribution in [0.1, 0.15) is 15.9 Å². The summed E-state index contributed by atoms with van der Waals surface area (Å²) in [5, 5.41) is 12.5. The minimum atomic E-state index is -0.815. The molecule has 0 aliphatic rings. The second-order valence-corrected chi connectivity index (χ2v) is 5.32. The molecule has 0 spiro atoms. The second-order valence-electron chi connectivity index (χ2n) is 4.54. The summed E-state index contributed by atoms with van der Waals surface area (Å²) in [5.74, 6) is -1.54. The molecule has 1 heterocycles. The highest BCUT2D eigenvalue weighted by molar-refractivity contribution is 6.37. The SMILES string of the molecule is Cc1c(Cl)cnc(NC(=O)COC(=O)c2ccccc2O)c1Cl. The monoisotopic (exact) mass is 354 g/mol. The first-order valence-corrected chi connectivity index (χ1v) is 7.21. The van der Waals surface area contributed by atoms with E-state index in [4.69, 9.17) is 27.9 Å². The Morgan fingerprint density at radius 2 is 2.00 bits per heavy atom. The summed E-state index contributed by atoms with van der Waals surface area (Å²) < 4.78 is 4.83. The van der Waals surface area contributed by atoms with Gasteiger partial charge in [-0.15, -0.1) is 0 Å². The van der Waals surface area contributed by atoms with Crippen molar-refractivity contribution in [3.05, 3.63) is 51.6 Å². The number of phenolic OH excluding ortho intramolecular Hbond substituents is 1. The van der Waals surface area contributed by atoms with E-state index in [0.717, 1.165) is 0 Å². The smallest absolute Gasteiger partial charge is 0.342 e. The van der Waals surface area contributed by atoms with Crippen LogP contribution in [0.15, 0.2) is 30.5 Å². The van der Waals surface area contributed by atoms with Crippen molar-refractivity contribution in [1.29, 1.82) is 0 Å². The summed E-state index contributed by atoms with van der Waals surface area (Å²) in [6, 6.07) is 5.86. The number of carbonyl (C=O) groups is 2. The first-order chi connectivity index (χ1) is 10.9. The number of aromatic hydroxyl groups is 1. The van der Waals surface area contributed by atoms with Crippen molar-refractivity contribution in [2.24, 2.45) is 0 Å². The van der Waals surface area contributed by atoms with Gasteiger partial charge in [0.15, 0.2) is 12.4 Å². The summed E-state index contributed by atoms with van der Waals surface area (Å²) in [4.78, 5) is 27.5. The fourth-order valence-electron chi connectivity index (χ4n) is 1.67. The number of esters is 1. The van der Waals surface area contributed by atoms with Crippen molar-refractivity contribution in [2.75, 3.05) is 11.9 Å². The van der Waals surface area contributed by atoms with E-state index in [1.807, 2.05) is 0 Å². The summed E-state index contributed by atoms with van der Waals surface area (Å²) in [6.45, 7) is 1.13. The van der Waals surface area contributed by atoms with E-state index in [1.54, 1.807) is 19.1 Å². The number of phenols is 1.